The summed E-state index contributed by atoms with van der Waals surface area (Å²) in [5.74, 6) is -0.936. The molecular weight excluding hydrogens is 254 g/mol. The van der Waals surface area contributed by atoms with E-state index in [9.17, 15) is 9.90 Å². The molecule has 20 heavy (non-hydrogen) atoms. The van der Waals surface area contributed by atoms with Crippen LogP contribution in [0.4, 0.5) is 0 Å². The quantitative estimate of drug-likeness (QED) is 0.826. The van der Waals surface area contributed by atoms with E-state index in [1.54, 1.807) is 6.08 Å². The number of benzene rings is 1. The molecule has 0 amide bonds. The van der Waals surface area contributed by atoms with Crippen molar-refractivity contribution >= 4 is 12.0 Å². The van der Waals surface area contributed by atoms with Gasteiger partial charge in [-0.1, -0.05) is 24.3 Å². The molecule has 0 atom stereocenters. The van der Waals surface area contributed by atoms with Crippen LogP contribution in [-0.2, 0) is 11.3 Å². The standard InChI is InChI=1S/C16H21NO3/c1-16(20)7-9-17(10-8-16)12-14-4-2-3-13(11-14)5-6-15(18)19/h2-6,11,20H,7-10,12H2,1H3,(H,18,19)/b6-5+. The van der Waals surface area contributed by atoms with E-state index in [2.05, 4.69) is 4.90 Å². The van der Waals surface area contributed by atoms with Gasteiger partial charge >= 0.3 is 5.97 Å². The van der Waals surface area contributed by atoms with Crippen LogP contribution in [0.2, 0.25) is 0 Å². The smallest absolute Gasteiger partial charge is 0.328 e. The van der Waals surface area contributed by atoms with Crippen LogP contribution in [-0.4, -0.2) is 39.8 Å². The maximum Gasteiger partial charge on any atom is 0.328 e. The maximum atomic E-state index is 10.5. The number of rotatable bonds is 4. The van der Waals surface area contributed by atoms with Crippen molar-refractivity contribution in [3.05, 3.63) is 41.5 Å². The van der Waals surface area contributed by atoms with Crippen molar-refractivity contribution < 1.29 is 15.0 Å². The first kappa shape index (κ1) is 14.8. The lowest BCUT2D eigenvalue weighted by atomic mass is 9.93. The van der Waals surface area contributed by atoms with Gasteiger partial charge in [-0.15, -0.1) is 0 Å². The van der Waals surface area contributed by atoms with Crippen LogP contribution < -0.4 is 0 Å². The van der Waals surface area contributed by atoms with E-state index in [4.69, 9.17) is 5.11 Å². The highest BCUT2D eigenvalue weighted by Gasteiger charge is 2.26. The fourth-order valence-corrected chi connectivity index (χ4v) is 2.41. The van der Waals surface area contributed by atoms with Gasteiger partial charge in [-0.05, 0) is 37.0 Å². The summed E-state index contributed by atoms with van der Waals surface area (Å²) in [6.07, 6.45) is 4.35. The molecule has 0 radical (unpaired) electrons. The number of aliphatic hydroxyl groups is 1. The SMILES string of the molecule is CC1(O)CCN(Cc2cccc(/C=C/C(=O)O)c2)CC1. The predicted molar refractivity (Wildman–Crippen MR) is 78.2 cm³/mol. The summed E-state index contributed by atoms with van der Waals surface area (Å²) < 4.78 is 0. The molecule has 1 aliphatic rings. The number of likely N-dealkylation sites (tertiary alicyclic amines) is 1. The second-order valence-electron chi connectivity index (χ2n) is 5.69. The molecule has 108 valence electrons. The first-order valence-electron chi connectivity index (χ1n) is 6.89. The fourth-order valence-electron chi connectivity index (χ4n) is 2.41. The molecule has 1 aromatic carbocycles. The summed E-state index contributed by atoms with van der Waals surface area (Å²) in [5, 5.41) is 18.6. The summed E-state index contributed by atoms with van der Waals surface area (Å²) in [6.45, 7) is 4.51. The molecule has 4 nitrogen and oxygen atoms in total. The molecule has 0 aliphatic carbocycles. The molecule has 1 aromatic rings. The Kier molecular flexibility index (Phi) is 4.57. The van der Waals surface area contributed by atoms with Crippen molar-refractivity contribution in [2.75, 3.05) is 13.1 Å². The van der Waals surface area contributed by atoms with Crippen molar-refractivity contribution in [3.8, 4) is 0 Å². The van der Waals surface area contributed by atoms with E-state index in [0.29, 0.717) is 0 Å². The highest BCUT2D eigenvalue weighted by atomic mass is 16.4. The first-order valence-corrected chi connectivity index (χ1v) is 6.89. The number of nitrogens with zero attached hydrogens (tertiary/aromatic N) is 1. The molecule has 4 heteroatoms. The van der Waals surface area contributed by atoms with Crippen LogP contribution in [0.3, 0.4) is 0 Å². The lowest BCUT2D eigenvalue weighted by Crippen LogP contribution is -2.41. The Balaban J connectivity index is 1.96. The van der Waals surface area contributed by atoms with Gasteiger partial charge in [0.1, 0.15) is 0 Å². The van der Waals surface area contributed by atoms with Crippen LogP contribution >= 0.6 is 0 Å². The third-order valence-corrected chi connectivity index (χ3v) is 3.71. The summed E-state index contributed by atoms with van der Waals surface area (Å²) in [7, 11) is 0. The zero-order chi connectivity index (χ0) is 14.6. The molecule has 0 spiro atoms. The van der Waals surface area contributed by atoms with Gasteiger partial charge in [-0.2, -0.15) is 0 Å². The van der Waals surface area contributed by atoms with Crippen molar-refractivity contribution in [2.24, 2.45) is 0 Å². The van der Waals surface area contributed by atoms with Crippen molar-refractivity contribution in [1.82, 2.24) is 4.90 Å². The van der Waals surface area contributed by atoms with E-state index in [1.807, 2.05) is 31.2 Å². The average molecular weight is 275 g/mol. The minimum atomic E-state index is -0.936. The van der Waals surface area contributed by atoms with E-state index >= 15 is 0 Å². The second-order valence-corrected chi connectivity index (χ2v) is 5.69. The van der Waals surface area contributed by atoms with Gasteiger partial charge in [0.25, 0.3) is 0 Å². The number of hydrogen-bond donors (Lipinski definition) is 2. The van der Waals surface area contributed by atoms with Gasteiger partial charge in [-0.3, -0.25) is 4.90 Å². The van der Waals surface area contributed by atoms with E-state index in [0.717, 1.165) is 44.1 Å². The number of piperidine rings is 1. The Morgan fingerprint density at radius 2 is 2.10 bits per heavy atom. The lowest BCUT2D eigenvalue weighted by Gasteiger charge is -2.35. The Bertz CT molecular complexity index is 498. The molecule has 2 rings (SSSR count). The normalized spacial score (nSPS) is 19.3. The maximum absolute atomic E-state index is 10.5. The van der Waals surface area contributed by atoms with E-state index in [-0.39, 0.29) is 0 Å². The highest BCUT2D eigenvalue weighted by Crippen LogP contribution is 2.22. The van der Waals surface area contributed by atoms with Crippen molar-refractivity contribution in [2.45, 2.75) is 31.9 Å². The molecule has 0 saturated carbocycles. The van der Waals surface area contributed by atoms with Crippen LogP contribution in [0.5, 0.6) is 0 Å². The van der Waals surface area contributed by atoms with Gasteiger partial charge in [-0.25, -0.2) is 4.79 Å². The topological polar surface area (TPSA) is 60.8 Å². The Morgan fingerprint density at radius 3 is 2.75 bits per heavy atom. The summed E-state index contributed by atoms with van der Waals surface area (Å²) >= 11 is 0. The molecule has 1 heterocycles. The zero-order valence-electron chi connectivity index (χ0n) is 11.7. The Hall–Kier alpha value is -1.65. The second kappa shape index (κ2) is 6.20. The number of aliphatic carboxylic acids is 1. The average Bonchev–Trinajstić information content (AvgIpc) is 2.39. The lowest BCUT2D eigenvalue weighted by molar-refractivity contribution is -0.131. The Morgan fingerprint density at radius 1 is 1.40 bits per heavy atom. The zero-order valence-corrected chi connectivity index (χ0v) is 11.7. The molecule has 1 aliphatic heterocycles. The number of carboxylic acids is 1. The summed E-state index contributed by atoms with van der Waals surface area (Å²) in [6, 6.07) is 7.89. The minimum Gasteiger partial charge on any atom is -0.478 e. The van der Waals surface area contributed by atoms with Crippen molar-refractivity contribution in [3.63, 3.8) is 0 Å². The largest absolute Gasteiger partial charge is 0.478 e. The first-order chi connectivity index (χ1) is 9.44. The molecule has 0 bridgehead atoms. The molecule has 1 fully saturated rings. The predicted octanol–water partition coefficient (Wildman–Crippen LogP) is 2.13. The highest BCUT2D eigenvalue weighted by molar-refractivity contribution is 5.85. The fraction of sp³-hybridized carbons (Fsp3) is 0.438. The molecule has 2 N–H and O–H groups in total. The molecular formula is C16H21NO3. The van der Waals surface area contributed by atoms with Crippen LogP contribution in [0.1, 0.15) is 30.9 Å². The number of hydrogen-bond acceptors (Lipinski definition) is 3. The van der Waals surface area contributed by atoms with Gasteiger partial charge in [0.05, 0.1) is 5.60 Å². The number of carbonyl (C=O) groups is 1. The number of carboxylic acid groups (broad SMARTS) is 1. The molecule has 0 aromatic heterocycles. The van der Waals surface area contributed by atoms with Crippen LogP contribution in [0.25, 0.3) is 6.08 Å². The van der Waals surface area contributed by atoms with Crippen molar-refractivity contribution in [1.29, 1.82) is 0 Å². The minimum absolute atomic E-state index is 0.525. The summed E-state index contributed by atoms with van der Waals surface area (Å²) in [5.41, 5.74) is 1.54. The van der Waals surface area contributed by atoms with Crippen LogP contribution in [0, 0.1) is 0 Å². The third kappa shape index (κ3) is 4.47. The van der Waals surface area contributed by atoms with E-state index < -0.39 is 11.6 Å². The van der Waals surface area contributed by atoms with Crippen LogP contribution in [0.15, 0.2) is 30.3 Å². The van der Waals surface area contributed by atoms with Gasteiger partial charge < -0.3 is 10.2 Å². The van der Waals surface area contributed by atoms with E-state index in [1.165, 1.54) is 5.56 Å². The van der Waals surface area contributed by atoms with Gasteiger partial charge in [0.2, 0.25) is 0 Å². The Labute approximate surface area is 119 Å². The van der Waals surface area contributed by atoms with Gasteiger partial charge in [0.15, 0.2) is 0 Å². The summed E-state index contributed by atoms with van der Waals surface area (Å²) in [4.78, 5) is 12.8. The van der Waals surface area contributed by atoms with Gasteiger partial charge in [0, 0.05) is 25.7 Å². The molecule has 0 unspecified atom stereocenters. The monoisotopic (exact) mass is 275 g/mol. The molecule has 1 saturated heterocycles. The third-order valence-electron chi connectivity index (χ3n) is 3.71.